The van der Waals surface area contributed by atoms with Gasteiger partial charge in [-0.1, -0.05) is 65.8 Å². The first-order valence-corrected chi connectivity index (χ1v) is 10.6. The molecule has 0 N–H and O–H groups in total. The Morgan fingerprint density at radius 2 is 1.70 bits per heavy atom. The van der Waals surface area contributed by atoms with Gasteiger partial charge in [0.15, 0.2) is 0 Å². The Hall–Kier alpha value is -2.32. The van der Waals surface area contributed by atoms with E-state index < -0.39 is 16.1 Å². The van der Waals surface area contributed by atoms with Gasteiger partial charge < -0.3 is 4.74 Å². The average molecular weight is 408 g/mol. The Bertz CT molecular complexity index is 921. The van der Waals surface area contributed by atoms with Crippen LogP contribution in [-0.4, -0.2) is 26.5 Å². The fourth-order valence-corrected chi connectivity index (χ4v) is 3.94. The van der Waals surface area contributed by atoms with Crippen molar-refractivity contribution in [2.24, 2.45) is 5.16 Å². The highest BCUT2D eigenvalue weighted by Gasteiger charge is 2.20. The molecule has 0 saturated heterocycles. The summed E-state index contributed by atoms with van der Waals surface area (Å²) in [5.41, 5.74) is 2.61. The van der Waals surface area contributed by atoms with Crippen LogP contribution in [0, 0.1) is 6.92 Å². The second-order valence-corrected chi connectivity index (χ2v) is 8.32. The first-order chi connectivity index (χ1) is 12.8. The number of nitrogens with zero attached hydrogens (tertiary/aromatic N) is 1. The van der Waals surface area contributed by atoms with Crippen molar-refractivity contribution in [3.63, 3.8) is 0 Å². The van der Waals surface area contributed by atoms with E-state index in [1.165, 1.54) is 7.11 Å². The summed E-state index contributed by atoms with van der Waals surface area (Å²) in [5, 5.41) is 3.35. The van der Waals surface area contributed by atoms with Crippen molar-refractivity contribution >= 4 is 32.9 Å². The molecular formula is C19H21NO5S2. The lowest BCUT2D eigenvalue weighted by Gasteiger charge is -2.08. The van der Waals surface area contributed by atoms with E-state index in [0.29, 0.717) is 16.9 Å². The molecule has 0 unspecified atom stereocenters. The van der Waals surface area contributed by atoms with Crippen LogP contribution in [0.2, 0.25) is 0 Å². The number of hydrogen-bond donors (Lipinski definition) is 0. The summed E-state index contributed by atoms with van der Waals surface area (Å²) in [6.45, 7) is 3.88. The minimum atomic E-state index is -4.01. The van der Waals surface area contributed by atoms with Crippen molar-refractivity contribution in [3.05, 3.63) is 65.2 Å². The van der Waals surface area contributed by atoms with Crippen LogP contribution in [0.1, 0.15) is 23.6 Å². The first-order valence-electron chi connectivity index (χ1n) is 8.23. The SMILES string of the molecule is CCc1ccccc1CS(=O)(=O)ON=C(Sc1ccc(C)cc1)C(=O)OC. The smallest absolute Gasteiger partial charge is 0.367 e. The molecule has 0 heterocycles. The molecule has 0 amide bonds. The number of hydrogen-bond acceptors (Lipinski definition) is 7. The standard InChI is InChI=1S/C19H21NO5S2/c1-4-15-7-5-6-8-16(15)13-27(22,23)25-20-18(19(21)24-3)26-17-11-9-14(2)10-12-17/h5-12H,4,13H2,1-3H3. The third-order valence-corrected chi connectivity index (χ3v) is 5.57. The van der Waals surface area contributed by atoms with E-state index in [0.717, 1.165) is 22.9 Å². The minimum Gasteiger partial charge on any atom is -0.464 e. The van der Waals surface area contributed by atoms with Crippen molar-refractivity contribution in [2.75, 3.05) is 7.11 Å². The van der Waals surface area contributed by atoms with Gasteiger partial charge in [0.2, 0.25) is 5.04 Å². The highest BCUT2D eigenvalue weighted by molar-refractivity contribution is 8.15. The molecular weight excluding hydrogens is 386 g/mol. The number of oxime groups is 1. The van der Waals surface area contributed by atoms with Crippen LogP contribution in [0.3, 0.4) is 0 Å². The number of esters is 1. The Morgan fingerprint density at radius 3 is 2.30 bits per heavy atom. The zero-order valence-electron chi connectivity index (χ0n) is 15.3. The van der Waals surface area contributed by atoms with E-state index in [-0.39, 0.29) is 10.8 Å². The Balaban J connectivity index is 2.18. The maximum atomic E-state index is 12.3. The lowest BCUT2D eigenvalue weighted by atomic mass is 10.1. The Morgan fingerprint density at radius 1 is 1.07 bits per heavy atom. The zero-order chi connectivity index (χ0) is 19.9. The number of methoxy groups -OCH3 is 1. The van der Waals surface area contributed by atoms with E-state index in [1.807, 2.05) is 38.1 Å². The van der Waals surface area contributed by atoms with Crippen molar-refractivity contribution in [3.8, 4) is 0 Å². The summed E-state index contributed by atoms with van der Waals surface area (Å²) >= 11 is 0.971. The van der Waals surface area contributed by atoms with Crippen LogP contribution in [0.15, 0.2) is 58.6 Å². The molecule has 0 spiro atoms. The number of carbonyl (C=O) groups excluding carboxylic acids is 1. The van der Waals surface area contributed by atoms with Crippen molar-refractivity contribution in [1.82, 2.24) is 0 Å². The van der Waals surface area contributed by atoms with Crippen LogP contribution < -0.4 is 0 Å². The van der Waals surface area contributed by atoms with E-state index in [4.69, 9.17) is 4.28 Å². The molecule has 0 aliphatic heterocycles. The number of rotatable bonds is 6. The van der Waals surface area contributed by atoms with E-state index in [2.05, 4.69) is 9.89 Å². The number of ether oxygens (including phenoxy) is 1. The largest absolute Gasteiger partial charge is 0.464 e. The average Bonchev–Trinajstić information content (AvgIpc) is 2.66. The molecule has 144 valence electrons. The number of benzene rings is 2. The highest BCUT2D eigenvalue weighted by atomic mass is 32.2. The monoisotopic (exact) mass is 407 g/mol. The quantitative estimate of drug-likeness (QED) is 0.239. The molecule has 8 heteroatoms. The van der Waals surface area contributed by atoms with Crippen molar-refractivity contribution in [2.45, 2.75) is 30.9 Å². The molecule has 2 rings (SSSR count). The van der Waals surface area contributed by atoms with Crippen LogP contribution in [-0.2, 0) is 36.1 Å². The summed E-state index contributed by atoms with van der Waals surface area (Å²) in [4.78, 5) is 12.6. The van der Waals surface area contributed by atoms with E-state index in [9.17, 15) is 13.2 Å². The molecule has 0 saturated carbocycles. The first kappa shape index (κ1) is 21.0. The van der Waals surface area contributed by atoms with Gasteiger partial charge in [-0.15, -0.1) is 0 Å². The molecule has 0 fully saturated rings. The van der Waals surface area contributed by atoms with Gasteiger partial charge in [0.25, 0.3) is 0 Å². The van der Waals surface area contributed by atoms with Crippen LogP contribution in [0.5, 0.6) is 0 Å². The lowest BCUT2D eigenvalue weighted by Crippen LogP contribution is -2.15. The minimum absolute atomic E-state index is 0.200. The summed E-state index contributed by atoms with van der Waals surface area (Å²) in [6, 6.07) is 14.5. The second-order valence-electron chi connectivity index (χ2n) is 5.70. The molecule has 0 atom stereocenters. The van der Waals surface area contributed by atoms with Crippen molar-refractivity contribution < 1.29 is 22.2 Å². The van der Waals surface area contributed by atoms with Gasteiger partial charge in [0.1, 0.15) is 5.75 Å². The van der Waals surface area contributed by atoms with Gasteiger partial charge >= 0.3 is 16.1 Å². The summed E-state index contributed by atoms with van der Waals surface area (Å²) in [7, 11) is -2.82. The number of thioether (sulfide) groups is 1. The molecule has 0 aliphatic rings. The summed E-state index contributed by atoms with van der Waals surface area (Å²) in [5.74, 6) is -1.10. The summed E-state index contributed by atoms with van der Waals surface area (Å²) < 4.78 is 34.0. The Labute approximate surface area is 163 Å². The summed E-state index contributed by atoms with van der Waals surface area (Å²) in [6.07, 6.45) is 0.700. The third-order valence-electron chi connectivity index (χ3n) is 3.66. The fraction of sp³-hybridized carbons (Fsp3) is 0.263. The predicted octanol–water partition coefficient (Wildman–Crippen LogP) is 3.68. The lowest BCUT2D eigenvalue weighted by molar-refractivity contribution is -0.132. The van der Waals surface area contributed by atoms with Gasteiger partial charge in [0.05, 0.1) is 7.11 Å². The number of carbonyl (C=O) groups is 1. The predicted molar refractivity (Wildman–Crippen MR) is 106 cm³/mol. The van der Waals surface area contributed by atoms with E-state index in [1.54, 1.807) is 24.3 Å². The zero-order valence-corrected chi connectivity index (χ0v) is 17.0. The molecule has 27 heavy (non-hydrogen) atoms. The highest BCUT2D eigenvalue weighted by Crippen LogP contribution is 2.22. The molecule has 2 aromatic rings. The molecule has 0 aromatic heterocycles. The molecule has 6 nitrogen and oxygen atoms in total. The number of aryl methyl sites for hydroxylation is 2. The van der Waals surface area contributed by atoms with Crippen LogP contribution >= 0.6 is 11.8 Å². The van der Waals surface area contributed by atoms with Gasteiger partial charge in [-0.2, -0.15) is 8.42 Å². The fourth-order valence-electron chi connectivity index (χ4n) is 2.25. The normalized spacial score (nSPS) is 11.9. The molecule has 0 bridgehead atoms. The van der Waals surface area contributed by atoms with E-state index >= 15 is 0 Å². The van der Waals surface area contributed by atoms with Crippen LogP contribution in [0.4, 0.5) is 0 Å². The van der Waals surface area contributed by atoms with Crippen molar-refractivity contribution in [1.29, 1.82) is 0 Å². The topological polar surface area (TPSA) is 82.0 Å². The molecule has 0 aliphatic carbocycles. The van der Waals surface area contributed by atoms with Gasteiger partial charge in [0, 0.05) is 4.90 Å². The third kappa shape index (κ3) is 6.41. The molecule has 0 radical (unpaired) electrons. The van der Waals surface area contributed by atoms with Gasteiger partial charge in [-0.3, -0.25) is 4.28 Å². The van der Waals surface area contributed by atoms with Crippen LogP contribution in [0.25, 0.3) is 0 Å². The maximum absolute atomic E-state index is 12.3. The van der Waals surface area contributed by atoms with Gasteiger partial charge in [-0.05, 0) is 36.6 Å². The van der Waals surface area contributed by atoms with Gasteiger partial charge in [-0.25, -0.2) is 4.79 Å². The molecule has 2 aromatic carbocycles. The Kier molecular flexibility index (Phi) is 7.44. The maximum Gasteiger partial charge on any atom is 0.367 e. The second kappa shape index (κ2) is 9.57.